The fourth-order valence-electron chi connectivity index (χ4n) is 0.872. The quantitative estimate of drug-likeness (QED) is 0.513. The van der Waals surface area contributed by atoms with Gasteiger partial charge in [-0.25, -0.2) is 0 Å². The van der Waals surface area contributed by atoms with Gasteiger partial charge in [-0.15, -0.1) is 0 Å². The predicted molar refractivity (Wildman–Crippen MR) is 37.2 cm³/mol. The number of hydrogen-bond acceptors (Lipinski definition) is 0. The van der Waals surface area contributed by atoms with Gasteiger partial charge in [0, 0.05) is 0 Å². The molecule has 0 aromatic carbocycles. The minimum absolute atomic E-state index is 0.147. The fourth-order valence-corrected chi connectivity index (χ4v) is 0.872. The summed E-state index contributed by atoms with van der Waals surface area (Å²) in [7, 11) is 0. The highest BCUT2D eigenvalue weighted by atomic mass is 14.2. The smallest absolute Gasteiger partial charge is 0.0321 e. The zero-order valence-electron chi connectivity index (χ0n) is 6.07. The summed E-state index contributed by atoms with van der Waals surface area (Å²) >= 11 is 0. The summed E-state index contributed by atoms with van der Waals surface area (Å²) in [6.07, 6.45) is 0.993. The maximum absolute atomic E-state index is 5.54. The maximum Gasteiger partial charge on any atom is -0.0321 e. The highest BCUT2D eigenvalue weighted by molar-refractivity contribution is 4.73. The summed E-state index contributed by atoms with van der Waals surface area (Å²) in [5, 5.41) is 0. The van der Waals surface area contributed by atoms with Crippen molar-refractivity contribution in [3.05, 3.63) is 13.8 Å². The van der Waals surface area contributed by atoms with E-state index in [0.717, 1.165) is 6.42 Å². The molecule has 0 aromatic rings. The van der Waals surface area contributed by atoms with Crippen LogP contribution in [0.4, 0.5) is 0 Å². The van der Waals surface area contributed by atoms with Gasteiger partial charge in [0.25, 0.3) is 0 Å². The molecule has 3 radical (unpaired) electrons. The van der Waals surface area contributed by atoms with E-state index in [-0.39, 0.29) is 11.3 Å². The topological polar surface area (TPSA) is 0 Å². The molecule has 1 unspecified atom stereocenters. The Kier molecular flexibility index (Phi) is 2.52. The third-order valence-electron chi connectivity index (χ3n) is 0.875. The van der Waals surface area contributed by atoms with Crippen LogP contribution in [0.1, 0.15) is 27.2 Å². The van der Waals surface area contributed by atoms with Crippen LogP contribution in [0.3, 0.4) is 0 Å². The molecule has 0 aliphatic carbocycles. The molecular weight excluding hydrogens is 96.1 g/mol. The van der Waals surface area contributed by atoms with Gasteiger partial charge < -0.3 is 0 Å². The van der Waals surface area contributed by atoms with Crippen LogP contribution in [-0.2, 0) is 0 Å². The van der Waals surface area contributed by atoms with Crippen LogP contribution < -0.4 is 0 Å². The Bertz CT molecular complexity index is 54.9. The van der Waals surface area contributed by atoms with Crippen molar-refractivity contribution < 1.29 is 0 Å². The van der Waals surface area contributed by atoms with E-state index in [1.807, 2.05) is 6.92 Å². The molecule has 0 heteroatoms. The average molecular weight is 111 g/mol. The third kappa shape index (κ3) is 6.00. The van der Waals surface area contributed by atoms with Gasteiger partial charge in [-0.1, -0.05) is 20.8 Å². The second-order valence-electron chi connectivity index (χ2n) is 3.35. The van der Waals surface area contributed by atoms with Crippen LogP contribution in [0.2, 0.25) is 0 Å². The highest BCUT2D eigenvalue weighted by Crippen LogP contribution is 2.22. The Morgan fingerprint density at radius 1 is 1.62 bits per heavy atom. The van der Waals surface area contributed by atoms with Crippen LogP contribution in [-0.4, -0.2) is 0 Å². The zero-order chi connectivity index (χ0) is 6.78. The zero-order valence-corrected chi connectivity index (χ0v) is 6.07. The lowest BCUT2D eigenvalue weighted by Crippen LogP contribution is -2.08. The van der Waals surface area contributed by atoms with Gasteiger partial charge in [-0.3, -0.25) is 0 Å². The highest BCUT2D eigenvalue weighted by Gasteiger charge is 2.11. The Balaban J connectivity index is 3.39. The van der Waals surface area contributed by atoms with Crippen LogP contribution in [0.15, 0.2) is 0 Å². The van der Waals surface area contributed by atoms with E-state index < -0.39 is 0 Å². The lowest BCUT2D eigenvalue weighted by atomic mass is 9.86. The minimum Gasteiger partial charge on any atom is -0.0622 e. The summed E-state index contributed by atoms with van der Waals surface area (Å²) in [6, 6.07) is 0. The second-order valence-corrected chi connectivity index (χ2v) is 3.35. The molecule has 0 aromatic heterocycles. The molecule has 0 aliphatic rings. The third-order valence-corrected chi connectivity index (χ3v) is 0.875. The predicted octanol–water partition coefficient (Wildman–Crippen LogP) is 2.58. The first-order valence-electron chi connectivity index (χ1n) is 3.03. The standard InChI is InChI=1S/C8H15/c1-7(2)6-8(3,4)5/h1,7H,3,6H2,2,4-5H3. The van der Waals surface area contributed by atoms with Gasteiger partial charge in [0.15, 0.2) is 0 Å². The molecule has 0 fully saturated rings. The largest absolute Gasteiger partial charge is 0.0622 e. The van der Waals surface area contributed by atoms with Crippen molar-refractivity contribution in [3.63, 3.8) is 0 Å². The Morgan fingerprint density at radius 3 is 2.00 bits per heavy atom. The molecule has 0 rings (SSSR count). The summed E-state index contributed by atoms with van der Waals surface area (Å²) in [5.74, 6) is 0.280. The van der Waals surface area contributed by atoms with Crippen molar-refractivity contribution >= 4 is 0 Å². The van der Waals surface area contributed by atoms with Gasteiger partial charge in [0.2, 0.25) is 0 Å². The first-order valence-corrected chi connectivity index (χ1v) is 3.03. The van der Waals surface area contributed by atoms with Crippen molar-refractivity contribution in [1.82, 2.24) is 0 Å². The molecule has 0 N–H and O–H groups in total. The van der Waals surface area contributed by atoms with Gasteiger partial charge in [-0.2, -0.15) is 0 Å². The van der Waals surface area contributed by atoms with Crippen molar-refractivity contribution in [1.29, 1.82) is 0 Å². The molecule has 0 spiro atoms. The van der Waals surface area contributed by atoms with Crippen molar-refractivity contribution in [2.75, 3.05) is 0 Å². The molecule has 47 valence electrons. The monoisotopic (exact) mass is 111 g/mol. The van der Waals surface area contributed by atoms with E-state index >= 15 is 0 Å². The lowest BCUT2D eigenvalue weighted by Gasteiger charge is -2.19. The molecular formula is C8H15. The summed E-state index contributed by atoms with van der Waals surface area (Å²) in [6.45, 7) is 15.7. The molecule has 1 atom stereocenters. The van der Waals surface area contributed by atoms with Gasteiger partial charge >= 0.3 is 0 Å². The molecule has 0 nitrogen and oxygen atoms in total. The summed E-state index contributed by atoms with van der Waals surface area (Å²) in [4.78, 5) is 0. The summed E-state index contributed by atoms with van der Waals surface area (Å²) in [5.41, 5.74) is 0.147. The van der Waals surface area contributed by atoms with Gasteiger partial charge in [0.1, 0.15) is 0 Å². The Labute approximate surface area is 53.3 Å². The Morgan fingerprint density at radius 2 is 2.00 bits per heavy atom. The molecule has 0 saturated heterocycles. The van der Waals surface area contributed by atoms with Crippen LogP contribution in [0, 0.1) is 25.2 Å². The van der Waals surface area contributed by atoms with Gasteiger partial charge in [0.05, 0.1) is 0 Å². The van der Waals surface area contributed by atoms with Crippen LogP contribution >= 0.6 is 0 Å². The van der Waals surface area contributed by atoms with Crippen molar-refractivity contribution in [2.45, 2.75) is 27.2 Å². The summed E-state index contributed by atoms with van der Waals surface area (Å²) < 4.78 is 0. The molecule has 0 saturated carbocycles. The van der Waals surface area contributed by atoms with E-state index in [9.17, 15) is 0 Å². The van der Waals surface area contributed by atoms with E-state index in [1.165, 1.54) is 0 Å². The lowest BCUT2D eigenvalue weighted by molar-refractivity contribution is 0.381. The Hall–Kier alpha value is 0. The normalized spacial score (nSPS) is 12.8. The molecule has 0 aliphatic heterocycles. The maximum atomic E-state index is 5.54. The first kappa shape index (κ1) is 8.00. The van der Waals surface area contributed by atoms with Crippen molar-refractivity contribution in [2.24, 2.45) is 11.3 Å². The molecule has 0 amide bonds. The van der Waals surface area contributed by atoms with E-state index in [1.54, 1.807) is 0 Å². The fraction of sp³-hybridized carbons (Fsp3) is 0.750. The number of hydrogen-bond donors (Lipinski definition) is 0. The molecule has 0 bridgehead atoms. The van der Waals surface area contributed by atoms with Crippen LogP contribution in [0.25, 0.3) is 0 Å². The van der Waals surface area contributed by atoms with Crippen LogP contribution in [0.5, 0.6) is 0 Å². The molecule has 0 heterocycles. The van der Waals surface area contributed by atoms with E-state index in [0.29, 0.717) is 0 Å². The minimum atomic E-state index is 0.147. The van der Waals surface area contributed by atoms with E-state index in [2.05, 4.69) is 20.8 Å². The average Bonchev–Trinajstić information content (AvgIpc) is 1.21. The second kappa shape index (κ2) is 2.52. The SMILES string of the molecule is [CH]C(C)CC([CH2])(C)C. The molecule has 8 heavy (non-hydrogen) atoms. The van der Waals surface area contributed by atoms with Crippen molar-refractivity contribution in [3.8, 4) is 0 Å². The number of rotatable bonds is 2. The first-order chi connectivity index (χ1) is 3.42. The van der Waals surface area contributed by atoms with E-state index in [4.69, 9.17) is 6.92 Å². The van der Waals surface area contributed by atoms with Gasteiger partial charge in [-0.05, 0) is 31.6 Å².